The number of thiazole rings is 1. The third-order valence-electron chi connectivity index (χ3n) is 1.63. The highest BCUT2D eigenvalue weighted by Crippen LogP contribution is 2.18. The van der Waals surface area contributed by atoms with Crippen molar-refractivity contribution in [2.24, 2.45) is 5.16 Å². The van der Waals surface area contributed by atoms with E-state index in [1.807, 2.05) is 19.0 Å². The molecular formula is C9H13N3O2S. The molecule has 0 atom stereocenters. The van der Waals surface area contributed by atoms with Crippen LogP contribution in [0.3, 0.4) is 0 Å². The van der Waals surface area contributed by atoms with Gasteiger partial charge < -0.3 is 9.74 Å². The van der Waals surface area contributed by atoms with Gasteiger partial charge >= 0.3 is 0 Å². The summed E-state index contributed by atoms with van der Waals surface area (Å²) in [5.74, 6) is -0.160. The number of carbonyl (C=O) groups excluding carboxylic acids is 1. The van der Waals surface area contributed by atoms with Gasteiger partial charge in [0.2, 0.25) is 0 Å². The van der Waals surface area contributed by atoms with Crippen LogP contribution in [0.5, 0.6) is 0 Å². The van der Waals surface area contributed by atoms with E-state index in [0.29, 0.717) is 5.69 Å². The van der Waals surface area contributed by atoms with Gasteiger partial charge in [0.25, 0.3) is 0 Å². The van der Waals surface area contributed by atoms with Gasteiger partial charge in [-0.05, 0) is 0 Å². The Hall–Kier alpha value is -1.43. The highest BCUT2D eigenvalue weighted by molar-refractivity contribution is 7.14. The van der Waals surface area contributed by atoms with Crippen molar-refractivity contribution in [2.45, 2.75) is 6.92 Å². The van der Waals surface area contributed by atoms with Crippen LogP contribution < -0.4 is 4.90 Å². The normalized spacial score (nSPS) is 11.3. The van der Waals surface area contributed by atoms with Crippen molar-refractivity contribution >= 4 is 28.0 Å². The van der Waals surface area contributed by atoms with Crippen molar-refractivity contribution in [1.29, 1.82) is 0 Å². The molecule has 0 saturated heterocycles. The number of hydrogen-bond acceptors (Lipinski definition) is 6. The number of hydrogen-bond donors (Lipinski definition) is 0. The van der Waals surface area contributed by atoms with E-state index >= 15 is 0 Å². The van der Waals surface area contributed by atoms with Crippen LogP contribution in [0.25, 0.3) is 0 Å². The van der Waals surface area contributed by atoms with Gasteiger partial charge in [-0.25, -0.2) is 4.98 Å². The molecule has 0 N–H and O–H groups in total. The van der Waals surface area contributed by atoms with Crippen molar-refractivity contribution in [3.05, 3.63) is 11.1 Å². The van der Waals surface area contributed by atoms with Gasteiger partial charge in [-0.15, -0.1) is 11.3 Å². The highest BCUT2D eigenvalue weighted by Gasteiger charge is 2.14. The van der Waals surface area contributed by atoms with E-state index in [-0.39, 0.29) is 11.5 Å². The molecule has 15 heavy (non-hydrogen) atoms. The first-order chi connectivity index (χ1) is 7.06. The van der Waals surface area contributed by atoms with Gasteiger partial charge in [-0.1, -0.05) is 5.16 Å². The smallest absolute Gasteiger partial charge is 0.185 e. The lowest BCUT2D eigenvalue weighted by atomic mass is 10.2. The molecular weight excluding hydrogens is 214 g/mol. The van der Waals surface area contributed by atoms with Crippen molar-refractivity contribution in [3.63, 3.8) is 0 Å². The van der Waals surface area contributed by atoms with Crippen LogP contribution in [-0.2, 0) is 9.63 Å². The zero-order chi connectivity index (χ0) is 11.4. The summed E-state index contributed by atoms with van der Waals surface area (Å²) >= 11 is 1.46. The van der Waals surface area contributed by atoms with Crippen molar-refractivity contribution in [1.82, 2.24) is 4.98 Å². The van der Waals surface area contributed by atoms with E-state index in [0.717, 1.165) is 5.13 Å². The highest BCUT2D eigenvalue weighted by atomic mass is 32.1. The molecule has 0 aromatic carbocycles. The largest absolute Gasteiger partial charge is 0.398 e. The van der Waals surface area contributed by atoms with E-state index in [9.17, 15) is 4.79 Å². The Morgan fingerprint density at radius 1 is 1.60 bits per heavy atom. The van der Waals surface area contributed by atoms with Crippen LogP contribution in [0.1, 0.15) is 12.6 Å². The summed E-state index contributed by atoms with van der Waals surface area (Å²) in [6.07, 6.45) is 0. The van der Waals surface area contributed by atoms with Gasteiger partial charge in [-0.2, -0.15) is 0 Å². The number of anilines is 1. The number of ketones is 1. The number of aromatic nitrogens is 1. The number of carbonyl (C=O) groups is 1. The Bertz CT molecular complexity index is 384. The molecule has 0 unspecified atom stereocenters. The minimum atomic E-state index is -0.160. The maximum atomic E-state index is 11.3. The molecule has 0 aliphatic carbocycles. The fraction of sp³-hybridized carbons (Fsp3) is 0.444. The van der Waals surface area contributed by atoms with Gasteiger partial charge in [0.1, 0.15) is 12.8 Å². The summed E-state index contributed by atoms with van der Waals surface area (Å²) < 4.78 is 0. The summed E-state index contributed by atoms with van der Waals surface area (Å²) in [7, 11) is 5.19. The van der Waals surface area contributed by atoms with Crippen molar-refractivity contribution < 1.29 is 9.63 Å². The predicted molar refractivity (Wildman–Crippen MR) is 60.7 cm³/mol. The Morgan fingerprint density at radius 3 is 2.67 bits per heavy atom. The summed E-state index contributed by atoms with van der Waals surface area (Å²) in [5.41, 5.74) is 0.805. The first kappa shape index (κ1) is 11.6. The first-order valence-electron chi connectivity index (χ1n) is 4.31. The minimum absolute atomic E-state index is 0.160. The van der Waals surface area contributed by atoms with Crippen LogP contribution in [0, 0.1) is 0 Å². The van der Waals surface area contributed by atoms with Crippen LogP contribution in [-0.4, -0.2) is 37.7 Å². The third-order valence-corrected chi connectivity index (χ3v) is 2.64. The van der Waals surface area contributed by atoms with E-state index < -0.39 is 0 Å². The topological polar surface area (TPSA) is 54.8 Å². The Labute approximate surface area is 92.4 Å². The van der Waals surface area contributed by atoms with E-state index in [4.69, 9.17) is 0 Å². The second-order valence-electron chi connectivity index (χ2n) is 3.09. The molecule has 0 bridgehead atoms. The number of Topliss-reactive ketones (excluding diaryl/α,β-unsaturated/α-hetero) is 1. The fourth-order valence-corrected chi connectivity index (χ4v) is 1.70. The van der Waals surface area contributed by atoms with Gasteiger partial charge in [0, 0.05) is 26.4 Å². The molecule has 0 spiro atoms. The van der Waals surface area contributed by atoms with Crippen LogP contribution in [0.4, 0.5) is 5.13 Å². The van der Waals surface area contributed by atoms with E-state index in [1.165, 1.54) is 25.4 Å². The Balaban J connectivity index is 3.03. The van der Waals surface area contributed by atoms with Crippen LogP contribution in [0.2, 0.25) is 0 Å². The van der Waals surface area contributed by atoms with Gasteiger partial charge in [0.15, 0.2) is 16.6 Å². The molecule has 0 saturated carbocycles. The predicted octanol–water partition coefficient (Wildman–Crippen LogP) is 1.15. The second kappa shape index (κ2) is 4.88. The standard InChI is InChI=1S/C9H13N3O2S/c1-6(13)8(11-14-4)7-5-15-9(10-7)12(2)3/h5H,1-4H3/b11-8-. The lowest BCUT2D eigenvalue weighted by Crippen LogP contribution is -2.14. The summed E-state index contributed by atoms with van der Waals surface area (Å²) in [5, 5.41) is 6.27. The van der Waals surface area contributed by atoms with E-state index in [2.05, 4.69) is 15.0 Å². The fourth-order valence-electron chi connectivity index (χ4n) is 0.961. The van der Waals surface area contributed by atoms with Gasteiger partial charge in [-0.3, -0.25) is 4.79 Å². The third kappa shape index (κ3) is 2.76. The quantitative estimate of drug-likeness (QED) is 0.572. The zero-order valence-corrected chi connectivity index (χ0v) is 9.96. The average Bonchev–Trinajstić information content (AvgIpc) is 2.62. The zero-order valence-electron chi connectivity index (χ0n) is 9.14. The van der Waals surface area contributed by atoms with Crippen LogP contribution >= 0.6 is 11.3 Å². The van der Waals surface area contributed by atoms with E-state index in [1.54, 1.807) is 5.38 Å². The maximum absolute atomic E-state index is 11.3. The Morgan fingerprint density at radius 2 is 2.27 bits per heavy atom. The van der Waals surface area contributed by atoms with Crippen LogP contribution in [0.15, 0.2) is 10.5 Å². The maximum Gasteiger partial charge on any atom is 0.185 e. The summed E-state index contributed by atoms with van der Waals surface area (Å²) in [6.45, 7) is 1.44. The molecule has 1 aromatic rings. The first-order valence-corrected chi connectivity index (χ1v) is 5.19. The molecule has 1 aromatic heterocycles. The minimum Gasteiger partial charge on any atom is -0.398 e. The average molecular weight is 227 g/mol. The molecule has 6 heteroatoms. The monoisotopic (exact) mass is 227 g/mol. The molecule has 0 amide bonds. The number of nitrogens with zero attached hydrogens (tertiary/aromatic N) is 3. The molecule has 0 aliphatic heterocycles. The molecule has 5 nitrogen and oxygen atoms in total. The molecule has 0 aliphatic rings. The Kier molecular flexibility index (Phi) is 3.79. The number of oxime groups is 1. The molecule has 0 fully saturated rings. The summed E-state index contributed by atoms with van der Waals surface area (Å²) in [4.78, 5) is 22.0. The summed E-state index contributed by atoms with van der Waals surface area (Å²) in [6, 6.07) is 0. The lowest BCUT2D eigenvalue weighted by Gasteiger charge is -2.05. The number of rotatable bonds is 4. The SMILES string of the molecule is CO/N=C(/C(C)=O)c1csc(N(C)C)n1. The molecule has 1 rings (SSSR count). The molecule has 1 heterocycles. The lowest BCUT2D eigenvalue weighted by molar-refractivity contribution is -0.111. The molecule has 82 valence electrons. The van der Waals surface area contributed by atoms with Gasteiger partial charge in [0.05, 0.1) is 0 Å². The van der Waals surface area contributed by atoms with Crippen molar-refractivity contribution in [2.75, 3.05) is 26.1 Å². The second-order valence-corrected chi connectivity index (χ2v) is 3.92. The van der Waals surface area contributed by atoms with Crippen molar-refractivity contribution in [3.8, 4) is 0 Å². The molecule has 0 radical (unpaired) electrons.